The molecule has 0 aliphatic heterocycles. The van der Waals surface area contributed by atoms with Gasteiger partial charge < -0.3 is 5.11 Å². The topological polar surface area (TPSA) is 122 Å². The van der Waals surface area contributed by atoms with Crippen LogP contribution in [0.25, 0.3) is 0 Å². The molecule has 8 nitrogen and oxygen atoms in total. The number of aromatic nitrogens is 1. The van der Waals surface area contributed by atoms with E-state index in [-0.39, 0.29) is 28.7 Å². The minimum Gasteiger partial charge on any atom is -0.494 e. The summed E-state index contributed by atoms with van der Waals surface area (Å²) in [7, 11) is 0. The molecule has 1 atom stereocenters. The molecule has 2 aromatic rings. The van der Waals surface area contributed by atoms with E-state index in [9.17, 15) is 25.3 Å². The highest BCUT2D eigenvalue weighted by molar-refractivity contribution is 5.87. The highest BCUT2D eigenvalue weighted by Crippen LogP contribution is 2.27. The Balaban J connectivity index is 2.63. The summed E-state index contributed by atoms with van der Waals surface area (Å²) >= 11 is 0. The van der Waals surface area contributed by atoms with Crippen molar-refractivity contribution in [3.8, 4) is 11.9 Å². The fourth-order valence-corrected chi connectivity index (χ4v) is 2.72. The van der Waals surface area contributed by atoms with E-state index in [1.165, 1.54) is 29.0 Å². The number of nitriles is 1. The van der Waals surface area contributed by atoms with Gasteiger partial charge in [0.2, 0.25) is 5.88 Å². The van der Waals surface area contributed by atoms with Crippen molar-refractivity contribution in [2.24, 2.45) is 4.99 Å². The third kappa shape index (κ3) is 3.72. The zero-order valence-corrected chi connectivity index (χ0v) is 15.6. The molecule has 1 unspecified atom stereocenters. The highest BCUT2D eigenvalue weighted by atomic mass is 16.6. The number of hydrogen-bond acceptors (Lipinski definition) is 6. The molecule has 0 radical (unpaired) electrons. The third-order valence-electron chi connectivity index (χ3n) is 4.55. The predicted molar refractivity (Wildman–Crippen MR) is 102 cm³/mol. The van der Waals surface area contributed by atoms with Crippen LogP contribution in [0.5, 0.6) is 5.88 Å². The van der Waals surface area contributed by atoms with Crippen LogP contribution in [0.1, 0.15) is 48.6 Å². The van der Waals surface area contributed by atoms with Crippen LogP contribution < -0.4 is 5.56 Å². The largest absolute Gasteiger partial charge is 0.494 e. The van der Waals surface area contributed by atoms with Gasteiger partial charge in [0.05, 0.1) is 16.2 Å². The molecule has 0 aliphatic carbocycles. The lowest BCUT2D eigenvalue weighted by atomic mass is 10.0. The van der Waals surface area contributed by atoms with Crippen molar-refractivity contribution in [1.29, 1.82) is 5.26 Å². The number of hydrogen-bond donors (Lipinski definition) is 1. The van der Waals surface area contributed by atoms with Gasteiger partial charge in [-0.3, -0.25) is 24.5 Å². The first-order valence-electron chi connectivity index (χ1n) is 8.40. The Bertz CT molecular complexity index is 1030. The average Bonchev–Trinajstić information content (AvgIpc) is 2.62. The molecule has 0 saturated carbocycles. The monoisotopic (exact) mass is 368 g/mol. The van der Waals surface area contributed by atoms with E-state index < -0.39 is 10.5 Å². The number of aromatic hydroxyl groups is 1. The lowest BCUT2D eigenvalue weighted by Gasteiger charge is -2.18. The molecule has 1 N–H and O–H groups in total. The summed E-state index contributed by atoms with van der Waals surface area (Å²) in [6, 6.07) is 5.86. The molecule has 2 rings (SSSR count). The van der Waals surface area contributed by atoms with Crippen molar-refractivity contribution in [3.05, 3.63) is 60.9 Å². The SMILES string of the molecule is CCC(C)n1c(O)c(C=Nc2ccc([N+](=O)[O-])cc2C)c(C)c(C#N)c1=O. The van der Waals surface area contributed by atoms with E-state index in [0.717, 1.165) is 0 Å². The first-order chi connectivity index (χ1) is 12.7. The molecule has 1 aromatic carbocycles. The Morgan fingerprint density at radius 3 is 2.63 bits per heavy atom. The summed E-state index contributed by atoms with van der Waals surface area (Å²) in [5.41, 5.74) is 1.06. The van der Waals surface area contributed by atoms with Gasteiger partial charge in [-0.1, -0.05) is 6.92 Å². The molecular weight excluding hydrogens is 348 g/mol. The van der Waals surface area contributed by atoms with Gasteiger partial charge in [0.25, 0.3) is 11.2 Å². The number of nitrogens with zero attached hydrogens (tertiary/aromatic N) is 4. The van der Waals surface area contributed by atoms with Crippen LogP contribution in [0.4, 0.5) is 11.4 Å². The number of aryl methyl sites for hydroxylation is 1. The number of benzene rings is 1. The summed E-state index contributed by atoms with van der Waals surface area (Å²) < 4.78 is 1.19. The molecule has 0 spiro atoms. The zero-order chi connectivity index (χ0) is 20.3. The Kier molecular flexibility index (Phi) is 5.75. The Labute approximate surface area is 156 Å². The Morgan fingerprint density at radius 1 is 1.44 bits per heavy atom. The normalized spacial score (nSPS) is 12.1. The van der Waals surface area contributed by atoms with E-state index in [1.54, 1.807) is 20.8 Å². The quantitative estimate of drug-likeness (QED) is 0.490. The molecule has 1 aromatic heterocycles. The van der Waals surface area contributed by atoms with Crippen LogP contribution in [0, 0.1) is 35.3 Å². The van der Waals surface area contributed by atoms with E-state index in [1.807, 2.05) is 13.0 Å². The fraction of sp³-hybridized carbons (Fsp3) is 0.316. The van der Waals surface area contributed by atoms with Crippen LogP contribution in [-0.4, -0.2) is 20.8 Å². The van der Waals surface area contributed by atoms with Crippen molar-refractivity contribution in [2.45, 2.75) is 40.2 Å². The molecule has 0 aliphatic rings. The molecule has 1 heterocycles. The van der Waals surface area contributed by atoms with E-state index in [4.69, 9.17) is 0 Å². The van der Waals surface area contributed by atoms with Gasteiger partial charge in [0, 0.05) is 24.4 Å². The minimum absolute atomic E-state index is 0.0393. The maximum atomic E-state index is 12.5. The van der Waals surface area contributed by atoms with Gasteiger partial charge >= 0.3 is 0 Å². The fourth-order valence-electron chi connectivity index (χ4n) is 2.72. The first kappa shape index (κ1) is 19.8. The number of rotatable bonds is 5. The molecule has 0 saturated heterocycles. The lowest BCUT2D eigenvalue weighted by molar-refractivity contribution is -0.384. The van der Waals surface area contributed by atoms with Gasteiger partial charge in [-0.15, -0.1) is 0 Å². The van der Waals surface area contributed by atoms with E-state index in [0.29, 0.717) is 23.2 Å². The van der Waals surface area contributed by atoms with Crippen LogP contribution in [0.2, 0.25) is 0 Å². The smallest absolute Gasteiger partial charge is 0.271 e. The second-order valence-corrected chi connectivity index (χ2v) is 6.27. The molecule has 27 heavy (non-hydrogen) atoms. The van der Waals surface area contributed by atoms with Crippen molar-refractivity contribution < 1.29 is 10.0 Å². The summed E-state index contributed by atoms with van der Waals surface area (Å²) in [6.07, 6.45) is 1.97. The van der Waals surface area contributed by atoms with Gasteiger partial charge in [-0.25, -0.2) is 0 Å². The Morgan fingerprint density at radius 2 is 2.11 bits per heavy atom. The van der Waals surface area contributed by atoms with E-state index in [2.05, 4.69) is 4.99 Å². The molecular formula is C19H20N4O4. The second kappa shape index (κ2) is 7.83. The first-order valence-corrected chi connectivity index (χ1v) is 8.40. The average molecular weight is 368 g/mol. The molecule has 8 heteroatoms. The number of nitro groups is 1. The van der Waals surface area contributed by atoms with Crippen LogP contribution in [-0.2, 0) is 0 Å². The van der Waals surface area contributed by atoms with Crippen molar-refractivity contribution >= 4 is 17.6 Å². The summed E-state index contributed by atoms with van der Waals surface area (Å²) in [5.74, 6) is -0.255. The van der Waals surface area contributed by atoms with Gasteiger partial charge in [-0.05, 0) is 44.4 Å². The van der Waals surface area contributed by atoms with Crippen LogP contribution >= 0.6 is 0 Å². The zero-order valence-electron chi connectivity index (χ0n) is 15.6. The molecule has 0 fully saturated rings. The van der Waals surface area contributed by atoms with E-state index >= 15 is 0 Å². The molecule has 0 amide bonds. The van der Waals surface area contributed by atoms with Crippen LogP contribution in [0.15, 0.2) is 28.0 Å². The number of non-ortho nitro benzene ring substituents is 1. The van der Waals surface area contributed by atoms with Crippen molar-refractivity contribution in [2.75, 3.05) is 0 Å². The van der Waals surface area contributed by atoms with Gasteiger partial charge in [0.1, 0.15) is 11.6 Å². The third-order valence-corrected chi connectivity index (χ3v) is 4.55. The van der Waals surface area contributed by atoms with Crippen molar-refractivity contribution in [1.82, 2.24) is 4.57 Å². The lowest BCUT2D eigenvalue weighted by Crippen LogP contribution is -2.27. The summed E-state index contributed by atoms with van der Waals surface area (Å²) in [5, 5.41) is 30.8. The van der Waals surface area contributed by atoms with Gasteiger partial charge in [-0.2, -0.15) is 5.26 Å². The maximum Gasteiger partial charge on any atom is 0.271 e. The maximum absolute atomic E-state index is 12.5. The second-order valence-electron chi connectivity index (χ2n) is 6.27. The summed E-state index contributed by atoms with van der Waals surface area (Å²) in [4.78, 5) is 27.1. The van der Waals surface area contributed by atoms with Crippen LogP contribution in [0.3, 0.4) is 0 Å². The summed E-state index contributed by atoms with van der Waals surface area (Å²) in [6.45, 7) is 6.91. The Hall–Kier alpha value is -3.47. The number of pyridine rings is 1. The standard InChI is InChI=1S/C19H20N4O4/c1-5-12(3)22-18(24)15(9-20)13(4)16(19(22)25)10-21-17-7-6-14(23(26)27)8-11(17)2/h6-8,10,12,25H,5H2,1-4H3. The molecule has 140 valence electrons. The predicted octanol–water partition coefficient (Wildman–Crippen LogP) is 3.67. The molecule has 0 bridgehead atoms. The number of aliphatic imine (C=N–C) groups is 1. The van der Waals surface area contributed by atoms with Gasteiger partial charge in [0.15, 0.2) is 0 Å². The highest BCUT2D eigenvalue weighted by Gasteiger charge is 2.20. The number of nitro benzene ring substituents is 1. The minimum atomic E-state index is -0.537. The van der Waals surface area contributed by atoms with Crippen molar-refractivity contribution in [3.63, 3.8) is 0 Å².